The number of hydrogen-bond acceptors (Lipinski definition) is 6. The topological polar surface area (TPSA) is 94.8 Å². The Balaban J connectivity index is 1.13. The first-order valence-electron chi connectivity index (χ1n) is 10.8. The largest absolute Gasteiger partial charge is 0.522 e. The first-order valence-corrected chi connectivity index (χ1v) is 11.2. The molecule has 2 aromatic rings. The highest BCUT2D eigenvalue weighted by Crippen LogP contribution is 2.65. The van der Waals surface area contributed by atoms with Crippen LogP contribution in [0.4, 0.5) is 13.2 Å². The van der Waals surface area contributed by atoms with Gasteiger partial charge in [0.2, 0.25) is 0 Å². The van der Waals surface area contributed by atoms with Crippen LogP contribution in [0.1, 0.15) is 44.3 Å². The number of halogens is 4. The molecule has 12 heteroatoms. The molecule has 1 aromatic heterocycles. The summed E-state index contributed by atoms with van der Waals surface area (Å²) in [7, 11) is 0. The molecule has 0 unspecified atom stereocenters. The van der Waals surface area contributed by atoms with Gasteiger partial charge in [-0.05, 0) is 44.4 Å². The van der Waals surface area contributed by atoms with Crippen LogP contribution in [0.15, 0.2) is 30.6 Å². The summed E-state index contributed by atoms with van der Waals surface area (Å²) in [4.78, 5) is 12.8. The second kappa shape index (κ2) is 8.03. The summed E-state index contributed by atoms with van der Waals surface area (Å²) in [6, 6.07) is 4.92. The third-order valence-corrected chi connectivity index (χ3v) is 6.82. The van der Waals surface area contributed by atoms with Crippen LogP contribution < -0.4 is 14.8 Å². The number of aliphatic hydroxyl groups is 1. The fraction of sp³-hybridized carbons (Fsp3) is 0.545. The van der Waals surface area contributed by atoms with E-state index in [-0.39, 0.29) is 30.0 Å². The fourth-order valence-electron chi connectivity index (χ4n) is 5.15. The molecule has 3 aliphatic carbocycles. The van der Waals surface area contributed by atoms with Crippen LogP contribution in [0.25, 0.3) is 0 Å². The van der Waals surface area contributed by atoms with Gasteiger partial charge in [-0.3, -0.25) is 14.2 Å². The van der Waals surface area contributed by atoms with Gasteiger partial charge in [-0.1, -0.05) is 11.6 Å². The van der Waals surface area contributed by atoms with Crippen LogP contribution in [-0.2, 0) is 15.1 Å². The molecule has 3 saturated carbocycles. The van der Waals surface area contributed by atoms with Gasteiger partial charge >= 0.3 is 6.36 Å². The van der Waals surface area contributed by atoms with Gasteiger partial charge in [0.05, 0.1) is 30.1 Å². The normalized spacial score (nSPS) is 30.3. The number of fused-ring (bicyclic) bond motifs is 1. The molecule has 1 aliphatic heterocycles. The lowest BCUT2D eigenvalue weighted by atomic mass is 9.44. The molecule has 184 valence electrons. The van der Waals surface area contributed by atoms with E-state index >= 15 is 0 Å². The predicted molar refractivity (Wildman–Crippen MR) is 112 cm³/mol. The summed E-state index contributed by atoms with van der Waals surface area (Å²) >= 11 is 5.97. The Hall–Kier alpha value is -2.50. The molecule has 6 rings (SSSR count). The lowest BCUT2D eigenvalue weighted by Crippen LogP contribution is -2.79. The summed E-state index contributed by atoms with van der Waals surface area (Å²) in [5, 5.41) is 18.2. The molecule has 0 spiro atoms. The van der Waals surface area contributed by atoms with E-state index in [0.717, 1.165) is 0 Å². The van der Waals surface area contributed by atoms with E-state index in [1.54, 1.807) is 29.1 Å². The zero-order valence-electron chi connectivity index (χ0n) is 18.1. The van der Waals surface area contributed by atoms with E-state index in [9.17, 15) is 23.1 Å². The summed E-state index contributed by atoms with van der Waals surface area (Å²) in [5.41, 5.74) is -0.0375. The number of benzene rings is 1. The van der Waals surface area contributed by atoms with E-state index < -0.39 is 24.7 Å². The van der Waals surface area contributed by atoms with Gasteiger partial charge in [0.15, 0.2) is 11.9 Å². The number of nitrogens with one attached hydrogen (secondary N) is 1. The number of amides is 1. The highest BCUT2D eigenvalue weighted by molar-refractivity contribution is 6.30. The third-order valence-electron chi connectivity index (χ3n) is 6.58. The van der Waals surface area contributed by atoms with Gasteiger partial charge in [-0.15, -0.1) is 13.2 Å². The minimum Gasteiger partial charge on any atom is -0.488 e. The number of ether oxygens (including phenoxy) is 3. The van der Waals surface area contributed by atoms with Gasteiger partial charge < -0.3 is 19.9 Å². The zero-order valence-corrected chi connectivity index (χ0v) is 18.9. The number of carbonyl (C=O) groups is 1. The van der Waals surface area contributed by atoms with Gasteiger partial charge in [0.25, 0.3) is 5.91 Å². The zero-order chi connectivity index (χ0) is 24.3. The Morgan fingerprint density at radius 1 is 1.41 bits per heavy atom. The molecule has 2 heterocycles. The van der Waals surface area contributed by atoms with Crippen LogP contribution in [0.2, 0.25) is 5.02 Å². The molecule has 0 radical (unpaired) electrons. The van der Waals surface area contributed by atoms with Crippen molar-refractivity contribution in [1.29, 1.82) is 0 Å². The van der Waals surface area contributed by atoms with E-state index in [1.807, 2.05) is 0 Å². The van der Waals surface area contributed by atoms with Crippen molar-refractivity contribution >= 4 is 17.5 Å². The summed E-state index contributed by atoms with van der Waals surface area (Å²) in [5.74, 6) is 0.510. The Morgan fingerprint density at radius 3 is 2.85 bits per heavy atom. The smallest absolute Gasteiger partial charge is 0.488 e. The number of rotatable bonds is 7. The predicted octanol–water partition coefficient (Wildman–Crippen LogP) is 3.47. The minimum absolute atomic E-state index is 0.136. The quantitative estimate of drug-likeness (QED) is 0.603. The monoisotopic (exact) mass is 501 g/mol. The number of aliphatic hydroxyl groups excluding tert-OH is 1. The molecule has 34 heavy (non-hydrogen) atoms. The highest BCUT2D eigenvalue weighted by Gasteiger charge is 2.70. The fourth-order valence-corrected chi connectivity index (χ4v) is 5.33. The van der Waals surface area contributed by atoms with Crippen molar-refractivity contribution in [1.82, 2.24) is 15.1 Å². The lowest BCUT2D eigenvalue weighted by molar-refractivity contribution is -0.342. The summed E-state index contributed by atoms with van der Waals surface area (Å²) < 4.78 is 53.5. The molecule has 3 fully saturated rings. The number of hydrogen-bond donors (Lipinski definition) is 2. The molecule has 0 saturated heterocycles. The van der Waals surface area contributed by atoms with Crippen LogP contribution in [0.5, 0.6) is 11.5 Å². The Morgan fingerprint density at radius 2 is 2.15 bits per heavy atom. The van der Waals surface area contributed by atoms with E-state index in [2.05, 4.69) is 15.2 Å². The average Bonchev–Trinajstić information content (AvgIpc) is 3.15. The standard InChI is InChI=1S/C22H23ClF3N3O5/c1-12(34-22(24,25)26)8-32-14-6-27-29(7-14)21-9-20(10-21,11-21)28-19(31)18-5-16(30)15-4-13(23)2-3-17(15)33-18/h2-4,6-7,12,16,18,30H,5,8-11H2,1H3,(H,28,31)/t12-,16+,18+,20?,21?/m0/s1. The Kier molecular flexibility index (Phi) is 5.49. The third kappa shape index (κ3) is 4.32. The number of aromatic nitrogens is 2. The van der Waals surface area contributed by atoms with Crippen molar-refractivity contribution in [3.63, 3.8) is 0 Å². The van der Waals surface area contributed by atoms with Crippen LogP contribution >= 0.6 is 11.6 Å². The molecule has 2 N–H and O–H groups in total. The lowest BCUT2D eigenvalue weighted by Gasteiger charge is -2.70. The SMILES string of the molecule is C[C@@H](COc1cnn(C23CC(NC(=O)[C@H]4C[C@@H](O)c5cc(Cl)ccc5O4)(C2)C3)c1)OC(F)(F)F. The van der Waals surface area contributed by atoms with Gasteiger partial charge in [-0.25, -0.2) is 0 Å². The number of alkyl halides is 3. The van der Waals surface area contributed by atoms with E-state index in [1.165, 1.54) is 13.1 Å². The second-order valence-electron chi connectivity index (χ2n) is 9.37. The molecule has 1 amide bonds. The van der Waals surface area contributed by atoms with Crippen molar-refractivity contribution in [3.8, 4) is 11.5 Å². The molecule has 1 aromatic carbocycles. The second-order valence-corrected chi connectivity index (χ2v) is 9.81. The number of nitrogens with zero attached hydrogens (tertiary/aromatic N) is 2. The van der Waals surface area contributed by atoms with Gasteiger partial charge in [0, 0.05) is 22.5 Å². The van der Waals surface area contributed by atoms with Gasteiger partial charge in [-0.2, -0.15) is 5.10 Å². The maximum Gasteiger partial charge on any atom is 0.522 e. The van der Waals surface area contributed by atoms with E-state index in [0.29, 0.717) is 41.3 Å². The van der Waals surface area contributed by atoms with Crippen molar-refractivity contribution in [3.05, 3.63) is 41.2 Å². The van der Waals surface area contributed by atoms with Crippen LogP contribution in [0, 0.1) is 0 Å². The molecular weight excluding hydrogens is 479 g/mol. The van der Waals surface area contributed by atoms with Gasteiger partial charge in [0.1, 0.15) is 12.4 Å². The first kappa shape index (κ1) is 23.3. The molecule has 3 atom stereocenters. The molecule has 8 nitrogen and oxygen atoms in total. The minimum atomic E-state index is -4.71. The first-order chi connectivity index (χ1) is 16.0. The van der Waals surface area contributed by atoms with Crippen LogP contribution in [-0.4, -0.2) is 51.5 Å². The highest BCUT2D eigenvalue weighted by atomic mass is 35.5. The summed E-state index contributed by atoms with van der Waals surface area (Å²) in [6.07, 6.45) is -2.27. The molecule has 4 aliphatic rings. The Labute approximate surface area is 197 Å². The average molecular weight is 502 g/mol. The molecule has 2 bridgehead atoms. The molecular formula is C22H23ClF3N3O5. The maximum absolute atomic E-state index is 12.8. The van der Waals surface area contributed by atoms with Crippen LogP contribution in [0.3, 0.4) is 0 Å². The van der Waals surface area contributed by atoms with Crippen molar-refractivity contribution in [2.45, 2.75) is 68.4 Å². The summed E-state index contributed by atoms with van der Waals surface area (Å²) in [6.45, 7) is 1.01. The number of carbonyl (C=O) groups excluding carboxylic acids is 1. The van der Waals surface area contributed by atoms with Crippen molar-refractivity contribution in [2.75, 3.05) is 6.61 Å². The van der Waals surface area contributed by atoms with Crippen molar-refractivity contribution in [2.24, 2.45) is 0 Å². The maximum atomic E-state index is 12.8. The van der Waals surface area contributed by atoms with E-state index in [4.69, 9.17) is 21.1 Å². The van der Waals surface area contributed by atoms with Crippen molar-refractivity contribution < 1.29 is 37.3 Å². The Bertz CT molecular complexity index is 1090.